The minimum Gasteiger partial charge on any atom is -0.340 e. The Hall–Kier alpha value is -3.84. The molecule has 0 unspecified atom stereocenters. The Morgan fingerprint density at radius 2 is 1.70 bits per heavy atom. The highest BCUT2D eigenvalue weighted by Crippen LogP contribution is 2.32. The number of likely N-dealkylation sites (N-methyl/N-ethyl adjacent to an activating group) is 1. The summed E-state index contributed by atoms with van der Waals surface area (Å²) in [6, 6.07) is 12.7. The van der Waals surface area contributed by atoms with E-state index in [1.165, 1.54) is 12.1 Å². The standard InChI is InChI=1S/C33H41F2N5O3/c1-3-24(21-29(41)40-18-16-39(2)17-19-40)25-12-14-28(15-13-25)37-31(42)30(26-9-5-4-6-10-26)38-32(43)33(34,35)27-11-7-8-23(20-27)22-36/h7-8,11-15,20,24,26,30H,3-6,9-10,16-19,21H2,1-2H3,(H,37,42)(H,38,43)/t24-,30+/m1/s1. The highest BCUT2D eigenvalue weighted by atomic mass is 19.3. The first kappa shape index (κ1) is 32.1. The van der Waals surface area contributed by atoms with Crippen LogP contribution in [0.3, 0.4) is 0 Å². The molecule has 2 aromatic rings. The number of carbonyl (C=O) groups is 3. The summed E-state index contributed by atoms with van der Waals surface area (Å²) in [6.07, 6.45) is 5.18. The van der Waals surface area contributed by atoms with E-state index in [9.17, 15) is 14.4 Å². The van der Waals surface area contributed by atoms with E-state index in [0.29, 0.717) is 24.9 Å². The Kier molecular flexibility index (Phi) is 10.9. The smallest absolute Gasteiger partial charge is 0.340 e. The molecule has 2 atom stereocenters. The number of halogens is 2. The van der Waals surface area contributed by atoms with Gasteiger partial charge in [0, 0.05) is 43.9 Å². The minimum atomic E-state index is -3.92. The van der Waals surface area contributed by atoms with Crippen LogP contribution < -0.4 is 10.6 Å². The number of piperazine rings is 1. The summed E-state index contributed by atoms with van der Waals surface area (Å²) in [4.78, 5) is 43.4. The molecule has 43 heavy (non-hydrogen) atoms. The van der Waals surface area contributed by atoms with Crippen molar-refractivity contribution >= 4 is 23.4 Å². The van der Waals surface area contributed by atoms with Crippen LogP contribution in [0.25, 0.3) is 0 Å². The molecule has 1 saturated carbocycles. The maximum Gasteiger partial charge on any atom is 0.349 e. The number of benzene rings is 2. The zero-order valence-electron chi connectivity index (χ0n) is 25.0. The van der Waals surface area contributed by atoms with Crippen molar-refractivity contribution in [3.63, 3.8) is 0 Å². The molecule has 2 N–H and O–H groups in total. The predicted octanol–water partition coefficient (Wildman–Crippen LogP) is 5.01. The van der Waals surface area contributed by atoms with Crippen LogP contribution in [0, 0.1) is 17.2 Å². The molecule has 3 amide bonds. The van der Waals surface area contributed by atoms with Crippen molar-refractivity contribution in [2.75, 3.05) is 38.5 Å². The van der Waals surface area contributed by atoms with E-state index in [1.54, 1.807) is 18.2 Å². The maximum absolute atomic E-state index is 15.2. The van der Waals surface area contributed by atoms with Crippen LogP contribution >= 0.6 is 0 Å². The number of nitrogens with one attached hydrogen (secondary N) is 2. The fourth-order valence-electron chi connectivity index (χ4n) is 5.96. The summed E-state index contributed by atoms with van der Waals surface area (Å²) in [6.45, 7) is 5.24. The molecule has 1 saturated heterocycles. The Morgan fingerprint density at radius 3 is 2.33 bits per heavy atom. The molecule has 2 fully saturated rings. The van der Waals surface area contributed by atoms with Crippen molar-refractivity contribution in [2.24, 2.45) is 5.92 Å². The van der Waals surface area contributed by atoms with Crippen LogP contribution in [0.4, 0.5) is 14.5 Å². The van der Waals surface area contributed by atoms with Crippen molar-refractivity contribution in [1.82, 2.24) is 15.1 Å². The summed E-state index contributed by atoms with van der Waals surface area (Å²) in [5, 5.41) is 14.3. The summed E-state index contributed by atoms with van der Waals surface area (Å²) in [5.41, 5.74) is 0.889. The average molecular weight is 594 g/mol. The highest BCUT2D eigenvalue weighted by molar-refractivity contribution is 5.98. The molecule has 1 aliphatic heterocycles. The van der Waals surface area contributed by atoms with Crippen molar-refractivity contribution in [2.45, 2.75) is 69.8 Å². The third-order valence-corrected chi connectivity index (χ3v) is 8.75. The third-order valence-electron chi connectivity index (χ3n) is 8.75. The lowest BCUT2D eigenvalue weighted by molar-refractivity contribution is -0.149. The van der Waals surface area contributed by atoms with E-state index >= 15 is 8.78 Å². The molecule has 0 aromatic heterocycles. The maximum atomic E-state index is 15.2. The van der Waals surface area contributed by atoms with Crippen molar-refractivity contribution in [1.29, 1.82) is 5.26 Å². The highest BCUT2D eigenvalue weighted by Gasteiger charge is 2.44. The number of alkyl halides is 2. The van der Waals surface area contributed by atoms with Gasteiger partial charge in [-0.25, -0.2) is 0 Å². The number of anilines is 1. The van der Waals surface area contributed by atoms with Crippen LogP contribution in [0.15, 0.2) is 48.5 Å². The van der Waals surface area contributed by atoms with E-state index in [2.05, 4.69) is 15.5 Å². The SMILES string of the molecule is CC[C@H](CC(=O)N1CCN(C)CC1)c1ccc(NC(=O)[C@@H](NC(=O)C(F)(F)c2cccc(C#N)c2)C2CCCCC2)cc1. The summed E-state index contributed by atoms with van der Waals surface area (Å²) >= 11 is 0. The second-order valence-electron chi connectivity index (χ2n) is 11.7. The average Bonchev–Trinajstić information content (AvgIpc) is 3.03. The third kappa shape index (κ3) is 8.17. The van der Waals surface area contributed by atoms with Gasteiger partial charge in [-0.15, -0.1) is 0 Å². The Morgan fingerprint density at radius 1 is 1.02 bits per heavy atom. The lowest BCUT2D eigenvalue weighted by Crippen LogP contribution is -2.52. The minimum absolute atomic E-state index is 0.0176. The van der Waals surface area contributed by atoms with Gasteiger partial charge in [-0.05, 0) is 68.0 Å². The molecular weight excluding hydrogens is 552 g/mol. The molecule has 2 aliphatic rings. The fraction of sp³-hybridized carbons (Fsp3) is 0.515. The van der Waals surface area contributed by atoms with Gasteiger partial charge in [-0.1, -0.05) is 50.5 Å². The van der Waals surface area contributed by atoms with E-state index in [-0.39, 0.29) is 23.3 Å². The van der Waals surface area contributed by atoms with Crippen LogP contribution in [0.5, 0.6) is 0 Å². The number of nitrogens with zero attached hydrogens (tertiary/aromatic N) is 3. The van der Waals surface area contributed by atoms with Crippen LogP contribution in [-0.2, 0) is 20.3 Å². The van der Waals surface area contributed by atoms with Crippen LogP contribution in [0.2, 0.25) is 0 Å². The molecule has 8 nitrogen and oxygen atoms in total. The Balaban J connectivity index is 1.44. The zero-order chi connectivity index (χ0) is 31.0. The van der Waals surface area contributed by atoms with Crippen molar-refractivity contribution in [3.8, 4) is 6.07 Å². The van der Waals surface area contributed by atoms with Crippen molar-refractivity contribution < 1.29 is 23.2 Å². The van der Waals surface area contributed by atoms with Crippen LogP contribution in [-0.4, -0.2) is 66.8 Å². The number of amides is 3. The largest absolute Gasteiger partial charge is 0.349 e. The first-order valence-electron chi connectivity index (χ1n) is 15.2. The molecular formula is C33H41F2N5O3. The normalized spacial score (nSPS) is 17.9. The molecule has 10 heteroatoms. The first-order chi connectivity index (χ1) is 20.6. The monoisotopic (exact) mass is 593 g/mol. The van der Waals surface area contributed by atoms with Gasteiger partial charge in [0.2, 0.25) is 11.8 Å². The lowest BCUT2D eigenvalue weighted by Gasteiger charge is -2.33. The van der Waals surface area contributed by atoms with Crippen molar-refractivity contribution in [3.05, 3.63) is 65.2 Å². The number of hydrogen-bond donors (Lipinski definition) is 2. The number of rotatable bonds is 10. The second-order valence-corrected chi connectivity index (χ2v) is 11.7. The first-order valence-corrected chi connectivity index (χ1v) is 15.2. The molecule has 0 bridgehead atoms. The number of carbonyl (C=O) groups excluding carboxylic acids is 3. The predicted molar refractivity (Wildman–Crippen MR) is 160 cm³/mol. The summed E-state index contributed by atoms with van der Waals surface area (Å²) in [7, 11) is 2.05. The van der Waals surface area contributed by atoms with Gasteiger partial charge in [-0.2, -0.15) is 14.0 Å². The van der Waals surface area contributed by atoms with Crippen LogP contribution in [0.1, 0.15) is 74.5 Å². The van der Waals surface area contributed by atoms with E-state index in [1.807, 2.05) is 31.0 Å². The van der Waals surface area contributed by atoms with Gasteiger partial charge >= 0.3 is 5.92 Å². The lowest BCUT2D eigenvalue weighted by atomic mass is 9.83. The van der Waals surface area contributed by atoms with Gasteiger partial charge in [-0.3, -0.25) is 14.4 Å². The molecule has 230 valence electrons. The van der Waals surface area contributed by atoms with Gasteiger partial charge in [0.05, 0.1) is 11.6 Å². The number of hydrogen-bond acceptors (Lipinski definition) is 5. The molecule has 4 rings (SSSR count). The van der Waals surface area contributed by atoms with Gasteiger partial charge < -0.3 is 20.4 Å². The quantitative estimate of drug-likeness (QED) is 0.403. The molecule has 1 aliphatic carbocycles. The van der Waals surface area contributed by atoms with E-state index < -0.39 is 29.3 Å². The van der Waals surface area contributed by atoms with E-state index in [0.717, 1.165) is 69.6 Å². The van der Waals surface area contributed by atoms with E-state index in [4.69, 9.17) is 5.26 Å². The summed E-state index contributed by atoms with van der Waals surface area (Å²) in [5.74, 6) is -6.14. The molecule has 0 spiro atoms. The van der Waals surface area contributed by atoms with Gasteiger partial charge in [0.25, 0.3) is 5.91 Å². The molecule has 0 radical (unpaired) electrons. The molecule has 2 aromatic carbocycles. The summed E-state index contributed by atoms with van der Waals surface area (Å²) < 4.78 is 30.4. The van der Waals surface area contributed by atoms with Gasteiger partial charge in [0.1, 0.15) is 6.04 Å². The Labute approximate surface area is 252 Å². The molecule has 1 heterocycles. The van der Waals surface area contributed by atoms with Gasteiger partial charge in [0.15, 0.2) is 0 Å². The number of nitriles is 1. The Bertz CT molecular complexity index is 1310. The zero-order valence-corrected chi connectivity index (χ0v) is 25.0. The fourth-order valence-corrected chi connectivity index (χ4v) is 5.96. The topological polar surface area (TPSA) is 106 Å². The second kappa shape index (κ2) is 14.6.